The molecule has 0 aliphatic rings. The van der Waals surface area contributed by atoms with Crippen molar-refractivity contribution >= 4 is 5.91 Å². The second kappa shape index (κ2) is 8.85. The zero-order chi connectivity index (χ0) is 23.5. The Kier molecular flexibility index (Phi) is 6.37. The summed E-state index contributed by atoms with van der Waals surface area (Å²) < 4.78 is 82.3. The molecule has 13 heteroatoms. The maximum Gasteiger partial charge on any atom is 0.422 e. The predicted molar refractivity (Wildman–Crippen MR) is 98.0 cm³/mol. The Hall–Kier alpha value is -3.64. The first kappa shape index (κ1) is 23.0. The van der Waals surface area contributed by atoms with E-state index in [4.69, 9.17) is 0 Å². The number of pyridine rings is 1. The number of halogens is 6. The van der Waals surface area contributed by atoms with Gasteiger partial charge in [0.25, 0.3) is 5.91 Å². The average molecular weight is 459 g/mol. The summed E-state index contributed by atoms with van der Waals surface area (Å²) in [6.45, 7) is -0.314. The number of amides is 1. The maximum absolute atomic E-state index is 13.1. The van der Waals surface area contributed by atoms with E-state index in [1.807, 2.05) is 0 Å². The number of rotatable bonds is 6. The number of carbonyl (C=O) groups excluding carboxylic acids is 1. The first-order valence-corrected chi connectivity index (χ1v) is 8.98. The lowest BCUT2D eigenvalue weighted by atomic mass is 10.1. The Morgan fingerprint density at radius 2 is 1.88 bits per heavy atom. The second-order valence-corrected chi connectivity index (χ2v) is 6.58. The Labute approximate surface area is 177 Å². The van der Waals surface area contributed by atoms with E-state index < -0.39 is 47.8 Å². The van der Waals surface area contributed by atoms with Gasteiger partial charge in [0.15, 0.2) is 18.2 Å². The van der Waals surface area contributed by atoms with Gasteiger partial charge in [0.2, 0.25) is 0 Å². The fourth-order valence-electron chi connectivity index (χ4n) is 2.56. The van der Waals surface area contributed by atoms with Crippen LogP contribution in [0.2, 0.25) is 0 Å². The van der Waals surface area contributed by atoms with E-state index in [9.17, 15) is 31.1 Å². The molecule has 2 aromatic heterocycles. The van der Waals surface area contributed by atoms with Crippen LogP contribution in [0.15, 0.2) is 48.9 Å². The fourth-order valence-corrected chi connectivity index (χ4v) is 2.56. The van der Waals surface area contributed by atoms with Crippen LogP contribution in [-0.2, 0) is 6.18 Å². The van der Waals surface area contributed by atoms with Gasteiger partial charge in [-0.25, -0.2) is 14.6 Å². The maximum atomic E-state index is 13.1. The molecule has 7 nitrogen and oxygen atoms in total. The number of aromatic nitrogens is 4. The normalized spacial score (nSPS) is 13.0. The van der Waals surface area contributed by atoms with Crippen LogP contribution in [0, 0.1) is 0 Å². The fraction of sp³-hybridized carbons (Fsp3) is 0.263. The standard InChI is InChI=1S/C19H15F6N5O2/c1-11(16-27-10-30(29-16)15-4-2-3-5-26-15)28-17(31)12-6-13(19(23,24)25)8-14(7-12)32-9-18(20,21)22/h2-8,10-11H,9H2,1H3,(H,28,31). The third-order valence-corrected chi connectivity index (χ3v) is 4.03. The number of carbonyl (C=O) groups is 1. The van der Waals surface area contributed by atoms with Gasteiger partial charge in [0.05, 0.1) is 11.6 Å². The Balaban J connectivity index is 1.79. The van der Waals surface area contributed by atoms with Gasteiger partial charge in [0.1, 0.15) is 12.1 Å². The van der Waals surface area contributed by atoms with Crippen molar-refractivity contribution < 1.29 is 35.9 Å². The number of benzene rings is 1. The molecule has 3 aromatic rings. The van der Waals surface area contributed by atoms with Crippen LogP contribution in [0.1, 0.15) is 34.7 Å². The molecule has 0 saturated carbocycles. The second-order valence-electron chi connectivity index (χ2n) is 6.58. The lowest BCUT2D eigenvalue weighted by Crippen LogP contribution is -2.28. The van der Waals surface area contributed by atoms with E-state index in [2.05, 4.69) is 25.1 Å². The SMILES string of the molecule is CC(NC(=O)c1cc(OCC(F)(F)F)cc(C(F)(F)F)c1)c1ncn(-c2ccccn2)n1. The highest BCUT2D eigenvalue weighted by molar-refractivity contribution is 5.95. The molecule has 170 valence electrons. The highest BCUT2D eigenvalue weighted by atomic mass is 19.4. The van der Waals surface area contributed by atoms with Crippen molar-refractivity contribution in [3.63, 3.8) is 0 Å². The molecular formula is C19H15F6N5O2. The van der Waals surface area contributed by atoms with E-state index >= 15 is 0 Å². The summed E-state index contributed by atoms with van der Waals surface area (Å²) in [6.07, 6.45) is -6.79. The van der Waals surface area contributed by atoms with Crippen LogP contribution in [0.5, 0.6) is 5.75 Å². The van der Waals surface area contributed by atoms with Gasteiger partial charge in [-0.05, 0) is 37.3 Å². The zero-order valence-corrected chi connectivity index (χ0v) is 16.3. The molecule has 0 bridgehead atoms. The van der Waals surface area contributed by atoms with Gasteiger partial charge in [0, 0.05) is 11.8 Å². The summed E-state index contributed by atoms with van der Waals surface area (Å²) in [5.41, 5.74) is -1.86. The third kappa shape index (κ3) is 5.95. The Morgan fingerprint density at radius 3 is 2.50 bits per heavy atom. The van der Waals surface area contributed by atoms with Crippen molar-refractivity contribution in [3.05, 3.63) is 65.9 Å². The van der Waals surface area contributed by atoms with Crippen LogP contribution in [-0.4, -0.2) is 38.4 Å². The number of nitrogens with one attached hydrogen (secondary N) is 1. The van der Waals surface area contributed by atoms with Gasteiger partial charge in [-0.1, -0.05) is 6.07 Å². The van der Waals surface area contributed by atoms with Crippen molar-refractivity contribution in [2.24, 2.45) is 0 Å². The Morgan fingerprint density at radius 1 is 1.12 bits per heavy atom. The van der Waals surface area contributed by atoms with Crippen LogP contribution >= 0.6 is 0 Å². The topological polar surface area (TPSA) is 81.9 Å². The van der Waals surface area contributed by atoms with E-state index in [1.165, 1.54) is 24.1 Å². The lowest BCUT2D eigenvalue weighted by Gasteiger charge is -2.15. The summed E-state index contributed by atoms with van der Waals surface area (Å²) >= 11 is 0. The molecule has 32 heavy (non-hydrogen) atoms. The van der Waals surface area contributed by atoms with Crippen LogP contribution in [0.3, 0.4) is 0 Å². The van der Waals surface area contributed by atoms with E-state index in [-0.39, 0.29) is 5.82 Å². The minimum atomic E-state index is -4.90. The van der Waals surface area contributed by atoms with E-state index in [0.29, 0.717) is 18.0 Å². The minimum absolute atomic E-state index is 0.143. The van der Waals surface area contributed by atoms with Crippen LogP contribution in [0.4, 0.5) is 26.3 Å². The summed E-state index contributed by atoms with van der Waals surface area (Å²) in [4.78, 5) is 20.6. The van der Waals surface area contributed by atoms with Gasteiger partial charge >= 0.3 is 12.4 Å². The lowest BCUT2D eigenvalue weighted by molar-refractivity contribution is -0.153. The molecule has 0 radical (unpaired) electrons. The van der Waals surface area contributed by atoms with Crippen molar-refractivity contribution in [2.75, 3.05) is 6.61 Å². The van der Waals surface area contributed by atoms with E-state index in [0.717, 1.165) is 6.07 Å². The summed E-state index contributed by atoms with van der Waals surface area (Å²) in [5, 5.41) is 6.57. The van der Waals surface area contributed by atoms with Crippen molar-refractivity contribution in [2.45, 2.75) is 25.3 Å². The molecule has 3 rings (SSSR count). The molecule has 1 atom stereocenters. The number of alkyl halides is 6. The first-order valence-electron chi connectivity index (χ1n) is 8.98. The quantitative estimate of drug-likeness (QED) is 0.561. The molecule has 0 aliphatic heterocycles. The van der Waals surface area contributed by atoms with Crippen LogP contribution < -0.4 is 10.1 Å². The van der Waals surface area contributed by atoms with Crippen molar-refractivity contribution in [1.29, 1.82) is 0 Å². The van der Waals surface area contributed by atoms with E-state index in [1.54, 1.807) is 18.2 Å². The van der Waals surface area contributed by atoms with Gasteiger partial charge in [-0.3, -0.25) is 4.79 Å². The molecule has 1 unspecified atom stereocenters. The summed E-state index contributed by atoms with van der Waals surface area (Å²) in [5.74, 6) is -1.12. The highest BCUT2D eigenvalue weighted by Gasteiger charge is 2.33. The molecule has 0 saturated heterocycles. The molecule has 0 spiro atoms. The molecule has 0 fully saturated rings. The third-order valence-electron chi connectivity index (χ3n) is 4.03. The van der Waals surface area contributed by atoms with Crippen molar-refractivity contribution in [3.8, 4) is 11.6 Å². The predicted octanol–water partition coefficient (Wildman–Crippen LogP) is 4.11. The largest absolute Gasteiger partial charge is 0.484 e. The Bertz CT molecular complexity index is 1080. The van der Waals surface area contributed by atoms with Gasteiger partial charge in [-0.15, -0.1) is 5.10 Å². The zero-order valence-electron chi connectivity index (χ0n) is 16.3. The molecule has 1 amide bonds. The van der Waals surface area contributed by atoms with Crippen LogP contribution in [0.25, 0.3) is 5.82 Å². The monoisotopic (exact) mass is 459 g/mol. The molecule has 2 heterocycles. The minimum Gasteiger partial charge on any atom is -0.484 e. The highest BCUT2D eigenvalue weighted by Crippen LogP contribution is 2.33. The van der Waals surface area contributed by atoms with Gasteiger partial charge in [-0.2, -0.15) is 26.3 Å². The number of hydrogen-bond donors (Lipinski definition) is 1. The molecule has 1 aromatic carbocycles. The average Bonchev–Trinajstić information content (AvgIpc) is 3.22. The number of ether oxygens (including phenoxy) is 1. The smallest absolute Gasteiger partial charge is 0.422 e. The van der Waals surface area contributed by atoms with Gasteiger partial charge < -0.3 is 10.1 Å². The number of nitrogens with zero attached hydrogens (tertiary/aromatic N) is 4. The number of hydrogen-bond acceptors (Lipinski definition) is 5. The first-order chi connectivity index (χ1) is 14.9. The summed E-state index contributed by atoms with van der Waals surface area (Å²) in [7, 11) is 0. The summed E-state index contributed by atoms with van der Waals surface area (Å²) in [6, 6.07) is 5.95. The molecular weight excluding hydrogens is 444 g/mol. The molecule has 1 N–H and O–H groups in total. The molecule has 0 aliphatic carbocycles. The van der Waals surface area contributed by atoms with Crippen molar-refractivity contribution in [1.82, 2.24) is 25.1 Å².